The number of aliphatic carboxylic acids is 1. The Labute approximate surface area is 110 Å². The number of nitrogens with two attached hydrogens (primary N) is 1. The topological polar surface area (TPSA) is 78.9 Å². The predicted molar refractivity (Wildman–Crippen MR) is 72.1 cm³/mol. The average Bonchev–Trinajstić information content (AvgIpc) is 2.35. The molecule has 1 aromatic rings. The van der Waals surface area contributed by atoms with Gasteiger partial charge in [0.25, 0.3) is 0 Å². The summed E-state index contributed by atoms with van der Waals surface area (Å²) >= 11 is 0. The molecule has 1 aromatic carbocycles. The highest BCUT2D eigenvalue weighted by molar-refractivity contribution is 5.87. The fourth-order valence-corrected chi connectivity index (χ4v) is 1.68. The van der Waals surface area contributed by atoms with Crippen molar-refractivity contribution in [1.82, 2.24) is 0 Å². The van der Waals surface area contributed by atoms with Gasteiger partial charge in [-0.15, -0.1) is 0 Å². The van der Waals surface area contributed by atoms with E-state index in [1.165, 1.54) is 18.2 Å². The number of anilines is 1. The number of carbonyl (C=O) groups is 1. The molecular weight excluding hydrogens is 249 g/mol. The van der Waals surface area contributed by atoms with Gasteiger partial charge in [0.05, 0.1) is 5.70 Å². The van der Waals surface area contributed by atoms with Crippen LogP contribution >= 0.6 is 0 Å². The Hall–Kier alpha value is -2.37. The Bertz CT molecular complexity index is 526. The van der Waals surface area contributed by atoms with Crippen molar-refractivity contribution < 1.29 is 14.3 Å². The molecule has 5 nitrogen and oxygen atoms in total. The molecule has 6 heteroatoms. The van der Waals surface area contributed by atoms with Crippen LogP contribution in [0.4, 0.5) is 10.1 Å². The molecule has 0 spiro atoms. The number of allylic oxidation sites excluding steroid dienone is 1. The van der Waals surface area contributed by atoms with Gasteiger partial charge in [0.1, 0.15) is 17.2 Å². The van der Waals surface area contributed by atoms with Crippen LogP contribution in [0.5, 0.6) is 0 Å². The van der Waals surface area contributed by atoms with Crippen LogP contribution in [-0.4, -0.2) is 17.8 Å². The van der Waals surface area contributed by atoms with Crippen molar-refractivity contribution in [2.75, 3.05) is 5.01 Å². The van der Waals surface area contributed by atoms with Crippen molar-refractivity contribution in [2.24, 2.45) is 16.8 Å². The fraction of sp³-hybridized carbons (Fsp3) is 0.231. The molecule has 0 aliphatic rings. The van der Waals surface area contributed by atoms with Gasteiger partial charge in [0, 0.05) is 6.72 Å². The van der Waals surface area contributed by atoms with E-state index < -0.39 is 11.8 Å². The van der Waals surface area contributed by atoms with Crippen LogP contribution in [0.1, 0.15) is 13.8 Å². The number of rotatable bonds is 5. The molecule has 0 radical (unpaired) electrons. The number of hydrazone groups is 1. The lowest BCUT2D eigenvalue weighted by Crippen LogP contribution is -2.27. The third kappa shape index (κ3) is 3.09. The molecule has 0 amide bonds. The summed E-state index contributed by atoms with van der Waals surface area (Å²) in [5, 5.41) is 13.8. The maximum atomic E-state index is 13.8. The zero-order chi connectivity index (χ0) is 14.6. The molecule has 0 aromatic heterocycles. The minimum absolute atomic E-state index is 0.102. The summed E-state index contributed by atoms with van der Waals surface area (Å²) in [5.41, 5.74) is 5.46. The van der Waals surface area contributed by atoms with Gasteiger partial charge in [-0.1, -0.05) is 26.0 Å². The molecular formula is C13H16FN3O2. The number of hydrogen-bond acceptors (Lipinski definition) is 4. The smallest absolute Gasteiger partial charge is 0.353 e. The van der Waals surface area contributed by atoms with Crippen LogP contribution in [-0.2, 0) is 4.79 Å². The summed E-state index contributed by atoms with van der Waals surface area (Å²) in [5.74, 6) is -2.08. The van der Waals surface area contributed by atoms with Crippen molar-refractivity contribution >= 4 is 18.4 Å². The zero-order valence-corrected chi connectivity index (χ0v) is 10.8. The number of para-hydroxylation sites is 1. The second kappa shape index (κ2) is 5.99. The summed E-state index contributed by atoms with van der Waals surface area (Å²) in [6.45, 7) is 6.83. The monoisotopic (exact) mass is 265 g/mol. The standard InChI is InChI=1S/C13H16FN3O2/c1-8(2)12(11(15)13(18)19)17(16-3)10-7-5-4-6-9(10)14/h4-8H,3,15H2,1-2H3,(H,18,19)/b12-11-. The Kier molecular flexibility index (Phi) is 4.63. The van der Waals surface area contributed by atoms with E-state index in [9.17, 15) is 9.18 Å². The first-order valence-corrected chi connectivity index (χ1v) is 5.64. The normalized spacial score (nSPS) is 12.0. The summed E-state index contributed by atoms with van der Waals surface area (Å²) in [6, 6.07) is 5.87. The van der Waals surface area contributed by atoms with Crippen molar-refractivity contribution in [3.8, 4) is 0 Å². The zero-order valence-electron chi connectivity index (χ0n) is 10.8. The Morgan fingerprint density at radius 1 is 1.47 bits per heavy atom. The minimum Gasteiger partial charge on any atom is -0.477 e. The second-order valence-electron chi connectivity index (χ2n) is 4.16. The number of benzene rings is 1. The second-order valence-corrected chi connectivity index (χ2v) is 4.16. The third-order valence-electron chi connectivity index (χ3n) is 2.50. The van der Waals surface area contributed by atoms with Crippen LogP contribution in [0, 0.1) is 11.7 Å². The first kappa shape index (κ1) is 14.7. The van der Waals surface area contributed by atoms with E-state index in [1.807, 2.05) is 0 Å². The van der Waals surface area contributed by atoms with E-state index in [1.54, 1.807) is 19.9 Å². The largest absolute Gasteiger partial charge is 0.477 e. The molecule has 0 unspecified atom stereocenters. The van der Waals surface area contributed by atoms with Gasteiger partial charge >= 0.3 is 5.97 Å². The molecule has 3 N–H and O–H groups in total. The van der Waals surface area contributed by atoms with E-state index in [4.69, 9.17) is 10.8 Å². The molecule has 102 valence electrons. The molecule has 0 saturated heterocycles. The van der Waals surface area contributed by atoms with Gasteiger partial charge in [0.2, 0.25) is 0 Å². The number of hydrogen-bond donors (Lipinski definition) is 2. The predicted octanol–water partition coefficient (Wildman–Crippen LogP) is 2.16. The lowest BCUT2D eigenvalue weighted by atomic mass is 10.1. The van der Waals surface area contributed by atoms with E-state index >= 15 is 0 Å². The summed E-state index contributed by atoms with van der Waals surface area (Å²) < 4.78 is 13.8. The van der Waals surface area contributed by atoms with Gasteiger partial charge in [-0.3, -0.25) is 0 Å². The third-order valence-corrected chi connectivity index (χ3v) is 2.50. The lowest BCUT2D eigenvalue weighted by molar-refractivity contribution is -0.132. The maximum Gasteiger partial charge on any atom is 0.353 e. The van der Waals surface area contributed by atoms with Crippen LogP contribution in [0.2, 0.25) is 0 Å². The number of halogens is 1. The van der Waals surface area contributed by atoms with Gasteiger partial charge < -0.3 is 10.8 Å². The summed E-state index contributed by atoms with van der Waals surface area (Å²) in [6.07, 6.45) is 0. The molecule has 0 aliphatic carbocycles. The molecule has 0 fully saturated rings. The molecule has 0 bridgehead atoms. The van der Waals surface area contributed by atoms with Crippen LogP contribution < -0.4 is 10.7 Å². The SMILES string of the molecule is C=NN(/C(=C(\N)C(=O)O)C(C)C)c1ccccc1F. The average molecular weight is 265 g/mol. The maximum absolute atomic E-state index is 13.8. The molecule has 1 rings (SSSR count). The molecule has 0 heterocycles. The number of nitrogens with zero attached hydrogens (tertiary/aromatic N) is 2. The minimum atomic E-state index is -1.28. The summed E-state index contributed by atoms with van der Waals surface area (Å²) in [4.78, 5) is 11.0. The van der Waals surface area contributed by atoms with Gasteiger partial charge in [0.15, 0.2) is 0 Å². The number of carboxylic acids is 1. The van der Waals surface area contributed by atoms with Gasteiger partial charge in [-0.2, -0.15) is 5.10 Å². The van der Waals surface area contributed by atoms with Crippen molar-refractivity contribution in [3.63, 3.8) is 0 Å². The molecule has 0 aliphatic heterocycles. The Morgan fingerprint density at radius 2 is 2.05 bits per heavy atom. The van der Waals surface area contributed by atoms with Crippen LogP contribution in [0.25, 0.3) is 0 Å². The van der Waals surface area contributed by atoms with Crippen molar-refractivity contribution in [1.29, 1.82) is 0 Å². The van der Waals surface area contributed by atoms with E-state index in [0.717, 1.165) is 5.01 Å². The van der Waals surface area contributed by atoms with E-state index in [0.29, 0.717) is 0 Å². The van der Waals surface area contributed by atoms with Crippen LogP contribution in [0.3, 0.4) is 0 Å². The quantitative estimate of drug-likeness (QED) is 0.486. The Morgan fingerprint density at radius 3 is 2.47 bits per heavy atom. The highest BCUT2D eigenvalue weighted by Crippen LogP contribution is 2.27. The van der Waals surface area contributed by atoms with Gasteiger partial charge in [-0.25, -0.2) is 14.2 Å². The first-order chi connectivity index (χ1) is 8.90. The van der Waals surface area contributed by atoms with Crippen molar-refractivity contribution in [3.05, 3.63) is 41.5 Å². The highest BCUT2D eigenvalue weighted by Gasteiger charge is 2.23. The van der Waals surface area contributed by atoms with Crippen molar-refractivity contribution in [2.45, 2.75) is 13.8 Å². The molecule has 0 saturated carbocycles. The van der Waals surface area contributed by atoms with E-state index in [2.05, 4.69) is 11.8 Å². The molecule has 19 heavy (non-hydrogen) atoms. The summed E-state index contributed by atoms with van der Waals surface area (Å²) in [7, 11) is 0. The number of carboxylic acid groups (broad SMARTS) is 1. The van der Waals surface area contributed by atoms with Gasteiger partial charge in [-0.05, 0) is 18.1 Å². The highest BCUT2D eigenvalue weighted by atomic mass is 19.1. The van der Waals surface area contributed by atoms with Crippen LogP contribution in [0.15, 0.2) is 40.8 Å². The van der Waals surface area contributed by atoms with E-state index in [-0.39, 0.29) is 23.0 Å². The Balaban J connectivity index is 3.43. The molecule has 0 atom stereocenters. The first-order valence-electron chi connectivity index (χ1n) is 5.64. The lowest BCUT2D eigenvalue weighted by Gasteiger charge is -2.25. The fourth-order valence-electron chi connectivity index (χ4n) is 1.68.